The Hall–Kier alpha value is -3.21. The second kappa shape index (κ2) is 9.82. The second-order valence-corrected chi connectivity index (χ2v) is 7.09. The summed E-state index contributed by atoms with van der Waals surface area (Å²) in [6.45, 7) is 2.19. The van der Waals surface area contributed by atoms with Gasteiger partial charge in [-0.3, -0.25) is 4.99 Å². The number of aliphatic imine (C=N–C) groups is 1. The first-order valence-electron chi connectivity index (χ1n) is 10.2. The van der Waals surface area contributed by atoms with Crippen LogP contribution >= 0.6 is 0 Å². The van der Waals surface area contributed by atoms with Crippen molar-refractivity contribution in [1.82, 2.24) is 10.6 Å². The second-order valence-electron chi connectivity index (χ2n) is 7.09. The maximum atomic E-state index is 5.79. The largest absolute Gasteiger partial charge is 0.493 e. The standard InChI is InChI=1S/C24H27N3O2/c1-2-7-19(8-3-1)12-15-25-24(26-16-13-20-9-6-17-28-20)27-22-14-18-29-23-11-5-4-10-21(22)23/h1-11,17,22H,12-16,18H2,(H2,25,26,27). The van der Waals surface area contributed by atoms with Gasteiger partial charge in [0.1, 0.15) is 11.5 Å². The quantitative estimate of drug-likeness (QED) is 0.471. The minimum atomic E-state index is 0.187. The summed E-state index contributed by atoms with van der Waals surface area (Å²) in [7, 11) is 0. The van der Waals surface area contributed by atoms with Crippen molar-refractivity contribution >= 4 is 5.96 Å². The average Bonchev–Trinajstić information content (AvgIpc) is 3.28. The number of hydrogen-bond acceptors (Lipinski definition) is 3. The molecule has 150 valence electrons. The normalized spacial score (nSPS) is 16.0. The van der Waals surface area contributed by atoms with Crippen molar-refractivity contribution in [3.8, 4) is 5.75 Å². The van der Waals surface area contributed by atoms with E-state index in [2.05, 4.69) is 47.0 Å². The monoisotopic (exact) mass is 389 g/mol. The van der Waals surface area contributed by atoms with Gasteiger partial charge >= 0.3 is 0 Å². The maximum Gasteiger partial charge on any atom is 0.191 e. The molecule has 0 aliphatic carbocycles. The molecule has 4 rings (SSSR count). The molecule has 2 aromatic carbocycles. The first-order chi connectivity index (χ1) is 14.4. The summed E-state index contributed by atoms with van der Waals surface area (Å²) in [6.07, 6.45) is 4.34. The number of benzene rings is 2. The number of para-hydroxylation sites is 1. The summed E-state index contributed by atoms with van der Waals surface area (Å²) in [5.74, 6) is 2.73. The molecular weight excluding hydrogens is 362 g/mol. The van der Waals surface area contributed by atoms with Gasteiger partial charge < -0.3 is 19.8 Å². The van der Waals surface area contributed by atoms with E-state index in [9.17, 15) is 0 Å². The Balaban J connectivity index is 1.41. The first kappa shape index (κ1) is 19.1. The number of hydrogen-bond donors (Lipinski definition) is 2. The zero-order valence-corrected chi connectivity index (χ0v) is 16.5. The van der Waals surface area contributed by atoms with Crippen LogP contribution in [-0.2, 0) is 12.8 Å². The van der Waals surface area contributed by atoms with Crippen molar-refractivity contribution in [1.29, 1.82) is 0 Å². The van der Waals surface area contributed by atoms with Gasteiger partial charge in [0, 0.05) is 31.5 Å². The summed E-state index contributed by atoms with van der Waals surface area (Å²) in [4.78, 5) is 4.79. The van der Waals surface area contributed by atoms with Crippen LogP contribution in [0.4, 0.5) is 0 Å². The molecule has 1 aliphatic heterocycles. The van der Waals surface area contributed by atoms with E-state index < -0.39 is 0 Å². The van der Waals surface area contributed by atoms with E-state index in [0.717, 1.165) is 43.3 Å². The van der Waals surface area contributed by atoms with Crippen molar-refractivity contribution < 1.29 is 9.15 Å². The predicted octanol–water partition coefficient (Wildman–Crippen LogP) is 4.12. The molecule has 2 heterocycles. The fourth-order valence-electron chi connectivity index (χ4n) is 3.51. The van der Waals surface area contributed by atoms with Gasteiger partial charge in [-0.25, -0.2) is 0 Å². The lowest BCUT2D eigenvalue weighted by Crippen LogP contribution is -2.42. The number of rotatable bonds is 7. The molecule has 0 saturated carbocycles. The van der Waals surface area contributed by atoms with Gasteiger partial charge in [0.05, 0.1) is 18.9 Å². The summed E-state index contributed by atoms with van der Waals surface area (Å²) in [5.41, 5.74) is 2.49. The third-order valence-corrected chi connectivity index (χ3v) is 5.03. The number of guanidine groups is 1. The van der Waals surface area contributed by atoms with Crippen molar-refractivity contribution in [3.05, 3.63) is 89.9 Å². The highest BCUT2D eigenvalue weighted by molar-refractivity contribution is 5.80. The fraction of sp³-hybridized carbons (Fsp3) is 0.292. The molecule has 1 atom stereocenters. The predicted molar refractivity (Wildman–Crippen MR) is 115 cm³/mol. The lowest BCUT2D eigenvalue weighted by molar-refractivity contribution is 0.261. The highest BCUT2D eigenvalue weighted by Gasteiger charge is 2.21. The summed E-state index contributed by atoms with van der Waals surface area (Å²) >= 11 is 0. The molecule has 0 fully saturated rings. The van der Waals surface area contributed by atoms with Crippen molar-refractivity contribution in [2.45, 2.75) is 25.3 Å². The minimum Gasteiger partial charge on any atom is -0.493 e. The molecule has 5 nitrogen and oxygen atoms in total. The highest BCUT2D eigenvalue weighted by Crippen LogP contribution is 2.31. The Morgan fingerprint density at radius 2 is 1.83 bits per heavy atom. The van der Waals surface area contributed by atoms with Crippen LogP contribution in [0.3, 0.4) is 0 Å². The van der Waals surface area contributed by atoms with Gasteiger partial charge in [0.2, 0.25) is 0 Å². The lowest BCUT2D eigenvalue weighted by atomic mass is 10.0. The van der Waals surface area contributed by atoms with Gasteiger partial charge in [0.15, 0.2) is 5.96 Å². The Kier molecular flexibility index (Phi) is 6.48. The molecule has 5 heteroatoms. The van der Waals surface area contributed by atoms with E-state index in [1.807, 2.05) is 30.3 Å². The van der Waals surface area contributed by atoms with E-state index in [1.54, 1.807) is 6.26 Å². The molecular formula is C24H27N3O2. The van der Waals surface area contributed by atoms with E-state index >= 15 is 0 Å². The van der Waals surface area contributed by atoms with Crippen molar-refractivity contribution in [2.24, 2.45) is 4.99 Å². The van der Waals surface area contributed by atoms with Crippen molar-refractivity contribution in [2.75, 3.05) is 19.7 Å². The van der Waals surface area contributed by atoms with Crippen LogP contribution in [0.15, 0.2) is 82.4 Å². The molecule has 1 aromatic heterocycles. The smallest absolute Gasteiger partial charge is 0.191 e. The van der Waals surface area contributed by atoms with E-state index in [0.29, 0.717) is 13.2 Å². The third-order valence-electron chi connectivity index (χ3n) is 5.03. The molecule has 0 amide bonds. The van der Waals surface area contributed by atoms with Crippen LogP contribution in [0.2, 0.25) is 0 Å². The van der Waals surface area contributed by atoms with Crippen LogP contribution in [-0.4, -0.2) is 25.7 Å². The summed E-state index contributed by atoms with van der Waals surface area (Å²) < 4.78 is 11.2. The lowest BCUT2D eigenvalue weighted by Gasteiger charge is -2.28. The summed E-state index contributed by atoms with van der Waals surface area (Å²) in [6, 6.07) is 22.8. The Morgan fingerprint density at radius 3 is 2.69 bits per heavy atom. The van der Waals surface area contributed by atoms with Crippen LogP contribution in [0.25, 0.3) is 0 Å². The summed E-state index contributed by atoms with van der Waals surface area (Å²) in [5, 5.41) is 7.10. The SMILES string of the molecule is c1ccc(CCNC(=NCCc2ccco2)NC2CCOc3ccccc32)cc1. The zero-order chi connectivity index (χ0) is 19.7. The Labute approximate surface area is 171 Å². The Morgan fingerprint density at radius 1 is 0.966 bits per heavy atom. The van der Waals surface area contributed by atoms with Gasteiger partial charge in [0.25, 0.3) is 0 Å². The molecule has 1 aliphatic rings. The van der Waals surface area contributed by atoms with Gasteiger partial charge in [-0.15, -0.1) is 0 Å². The van der Waals surface area contributed by atoms with Gasteiger partial charge in [-0.2, -0.15) is 0 Å². The minimum absolute atomic E-state index is 0.187. The van der Waals surface area contributed by atoms with Crippen LogP contribution in [0.5, 0.6) is 5.75 Å². The molecule has 29 heavy (non-hydrogen) atoms. The van der Waals surface area contributed by atoms with Crippen LogP contribution in [0, 0.1) is 0 Å². The average molecular weight is 389 g/mol. The molecule has 2 N–H and O–H groups in total. The zero-order valence-electron chi connectivity index (χ0n) is 16.5. The topological polar surface area (TPSA) is 58.8 Å². The van der Waals surface area contributed by atoms with Crippen LogP contribution in [0.1, 0.15) is 29.3 Å². The van der Waals surface area contributed by atoms with Crippen molar-refractivity contribution in [3.63, 3.8) is 0 Å². The number of nitrogens with one attached hydrogen (secondary N) is 2. The molecule has 0 radical (unpaired) electrons. The highest BCUT2D eigenvalue weighted by atomic mass is 16.5. The molecule has 0 saturated heterocycles. The maximum absolute atomic E-state index is 5.79. The van der Waals surface area contributed by atoms with Gasteiger partial charge in [-0.05, 0) is 30.2 Å². The van der Waals surface area contributed by atoms with E-state index in [-0.39, 0.29) is 6.04 Å². The third kappa shape index (κ3) is 5.41. The van der Waals surface area contributed by atoms with E-state index in [4.69, 9.17) is 14.1 Å². The Bertz CT molecular complexity index is 907. The molecule has 0 bridgehead atoms. The van der Waals surface area contributed by atoms with E-state index in [1.165, 1.54) is 11.1 Å². The molecule has 3 aromatic rings. The number of fused-ring (bicyclic) bond motifs is 1. The molecule has 1 unspecified atom stereocenters. The number of ether oxygens (including phenoxy) is 1. The van der Waals surface area contributed by atoms with Crippen LogP contribution < -0.4 is 15.4 Å². The first-order valence-corrected chi connectivity index (χ1v) is 10.2. The molecule has 0 spiro atoms. The van der Waals surface area contributed by atoms with Gasteiger partial charge in [-0.1, -0.05) is 48.5 Å². The number of furan rings is 1. The number of nitrogens with zero attached hydrogens (tertiary/aromatic N) is 1. The fourth-order valence-corrected chi connectivity index (χ4v) is 3.51.